The Morgan fingerprint density at radius 3 is 2.70 bits per heavy atom. The van der Waals surface area contributed by atoms with E-state index in [9.17, 15) is 0 Å². The molecule has 1 heteroatoms. The molecule has 0 fully saturated rings. The lowest BCUT2D eigenvalue weighted by Crippen LogP contribution is -1.79. The fraction of sp³-hybridized carbons (Fsp3) is 0.222. The molecule has 0 aromatic carbocycles. The first-order valence-corrected chi connectivity index (χ1v) is 3.38. The van der Waals surface area contributed by atoms with Gasteiger partial charge in [0.15, 0.2) is 0 Å². The fourth-order valence-electron chi connectivity index (χ4n) is 0.749. The predicted octanol–water partition coefficient (Wildman–Crippen LogP) is 2.42. The second kappa shape index (κ2) is 3.16. The molecule has 1 nitrogen and oxygen atoms in total. The lowest BCUT2D eigenvalue weighted by molar-refractivity contribution is 1.24. The molecule has 0 aliphatic heterocycles. The van der Waals surface area contributed by atoms with Crippen LogP contribution in [0.3, 0.4) is 0 Å². The maximum atomic E-state index is 4.18. The first-order valence-electron chi connectivity index (χ1n) is 3.38. The lowest BCUT2D eigenvalue weighted by Gasteiger charge is -1.91. The minimum atomic E-state index is 1.02. The molecule has 0 radical (unpaired) electrons. The number of nitrogens with zero attached hydrogens (tertiary/aromatic N) is 1. The van der Waals surface area contributed by atoms with Crippen LogP contribution in [0, 0.1) is 6.92 Å². The van der Waals surface area contributed by atoms with E-state index in [4.69, 9.17) is 0 Å². The Hall–Kier alpha value is -1.11. The number of pyridine rings is 1. The summed E-state index contributed by atoms with van der Waals surface area (Å²) in [6.07, 6.45) is 5.84. The Bertz CT molecular complexity index is 221. The Labute approximate surface area is 61.4 Å². The molecule has 0 bridgehead atoms. The summed E-state index contributed by atoms with van der Waals surface area (Å²) in [6, 6.07) is 4.07. The topological polar surface area (TPSA) is 12.9 Å². The van der Waals surface area contributed by atoms with E-state index in [0.717, 1.165) is 5.69 Å². The largest absolute Gasteiger partial charge is 0.257 e. The highest BCUT2D eigenvalue weighted by Crippen LogP contribution is 1.99. The third-order valence-corrected chi connectivity index (χ3v) is 1.27. The number of rotatable bonds is 1. The smallest absolute Gasteiger partial charge is 0.0626 e. The van der Waals surface area contributed by atoms with Crippen LogP contribution < -0.4 is 0 Å². The van der Waals surface area contributed by atoms with Crippen LogP contribution in [-0.4, -0.2) is 4.98 Å². The molecule has 1 aromatic rings. The molecule has 0 aliphatic rings. The summed E-state index contributed by atoms with van der Waals surface area (Å²) in [5, 5.41) is 0. The van der Waals surface area contributed by atoms with Crippen LogP contribution >= 0.6 is 0 Å². The molecule has 1 rings (SSSR count). The Balaban J connectivity index is 2.89. The van der Waals surface area contributed by atoms with Crippen molar-refractivity contribution < 1.29 is 0 Å². The van der Waals surface area contributed by atoms with Gasteiger partial charge in [0.1, 0.15) is 0 Å². The van der Waals surface area contributed by atoms with Crippen molar-refractivity contribution in [1.29, 1.82) is 0 Å². The quantitative estimate of drug-likeness (QED) is 0.573. The van der Waals surface area contributed by atoms with Crippen LogP contribution in [0.2, 0.25) is 0 Å². The first kappa shape index (κ1) is 7.00. The van der Waals surface area contributed by atoms with Gasteiger partial charge in [-0.2, -0.15) is 0 Å². The standard InChI is InChI=1S/C9H11N/c1-3-4-9-6-5-8(2)7-10-9/h3-7H,1-2H3/b4-3+. The molecule has 0 aliphatic carbocycles. The normalized spacial score (nSPS) is 10.6. The second-order valence-corrected chi connectivity index (χ2v) is 2.26. The monoisotopic (exact) mass is 133 g/mol. The average molecular weight is 133 g/mol. The average Bonchev–Trinajstić information content (AvgIpc) is 1.95. The summed E-state index contributed by atoms with van der Waals surface area (Å²) in [5.74, 6) is 0. The SMILES string of the molecule is C/C=C/c1ccc(C)cn1. The van der Waals surface area contributed by atoms with Crippen LogP contribution in [0.25, 0.3) is 6.08 Å². The van der Waals surface area contributed by atoms with Gasteiger partial charge in [-0.15, -0.1) is 0 Å². The van der Waals surface area contributed by atoms with Gasteiger partial charge in [0.25, 0.3) is 0 Å². The molecule has 0 saturated carbocycles. The number of allylic oxidation sites excluding steroid dienone is 1. The lowest BCUT2D eigenvalue weighted by atomic mass is 10.3. The molecule has 0 amide bonds. The third-order valence-electron chi connectivity index (χ3n) is 1.27. The number of aromatic nitrogens is 1. The molecule has 1 heterocycles. The van der Waals surface area contributed by atoms with Crippen LogP contribution in [0.15, 0.2) is 24.4 Å². The van der Waals surface area contributed by atoms with Gasteiger partial charge in [0.05, 0.1) is 5.69 Å². The highest BCUT2D eigenvalue weighted by Gasteiger charge is 1.84. The van der Waals surface area contributed by atoms with Crippen molar-refractivity contribution in [2.75, 3.05) is 0 Å². The summed E-state index contributed by atoms with van der Waals surface area (Å²) in [5.41, 5.74) is 2.22. The van der Waals surface area contributed by atoms with Crippen LogP contribution in [0.4, 0.5) is 0 Å². The number of hydrogen-bond acceptors (Lipinski definition) is 1. The van der Waals surface area contributed by atoms with Crippen molar-refractivity contribution in [3.8, 4) is 0 Å². The summed E-state index contributed by atoms with van der Waals surface area (Å²) in [7, 11) is 0. The van der Waals surface area contributed by atoms with Gasteiger partial charge in [0.2, 0.25) is 0 Å². The Morgan fingerprint density at radius 2 is 2.20 bits per heavy atom. The van der Waals surface area contributed by atoms with Gasteiger partial charge in [-0.05, 0) is 31.6 Å². The maximum absolute atomic E-state index is 4.18. The summed E-state index contributed by atoms with van der Waals surface area (Å²) in [6.45, 7) is 4.02. The number of aryl methyl sites for hydroxylation is 1. The van der Waals surface area contributed by atoms with Gasteiger partial charge in [-0.1, -0.05) is 12.1 Å². The van der Waals surface area contributed by atoms with Gasteiger partial charge >= 0.3 is 0 Å². The Kier molecular flexibility index (Phi) is 2.21. The summed E-state index contributed by atoms with van der Waals surface area (Å²) in [4.78, 5) is 4.18. The predicted molar refractivity (Wildman–Crippen MR) is 43.7 cm³/mol. The fourth-order valence-corrected chi connectivity index (χ4v) is 0.749. The first-order chi connectivity index (χ1) is 4.83. The zero-order valence-electron chi connectivity index (χ0n) is 6.33. The van der Waals surface area contributed by atoms with E-state index in [0.29, 0.717) is 0 Å². The maximum Gasteiger partial charge on any atom is 0.0626 e. The van der Waals surface area contributed by atoms with E-state index in [1.165, 1.54) is 5.56 Å². The van der Waals surface area contributed by atoms with Crippen LogP contribution in [-0.2, 0) is 0 Å². The zero-order valence-corrected chi connectivity index (χ0v) is 6.33. The third kappa shape index (κ3) is 1.69. The molecule has 0 atom stereocenters. The van der Waals surface area contributed by atoms with Crippen molar-refractivity contribution in [2.45, 2.75) is 13.8 Å². The van der Waals surface area contributed by atoms with Crippen LogP contribution in [0.5, 0.6) is 0 Å². The molecule has 10 heavy (non-hydrogen) atoms. The van der Waals surface area contributed by atoms with Gasteiger partial charge in [-0.3, -0.25) is 4.98 Å². The van der Waals surface area contributed by atoms with Crippen molar-refractivity contribution in [1.82, 2.24) is 4.98 Å². The van der Waals surface area contributed by atoms with E-state index >= 15 is 0 Å². The highest BCUT2D eigenvalue weighted by atomic mass is 14.7. The molecule has 0 spiro atoms. The summed E-state index contributed by atoms with van der Waals surface area (Å²) < 4.78 is 0. The van der Waals surface area contributed by atoms with Crippen molar-refractivity contribution >= 4 is 6.08 Å². The molecule has 0 N–H and O–H groups in total. The van der Waals surface area contributed by atoms with E-state index in [1.54, 1.807) is 0 Å². The van der Waals surface area contributed by atoms with E-state index in [2.05, 4.69) is 11.1 Å². The molecule has 52 valence electrons. The minimum absolute atomic E-state index is 1.02. The van der Waals surface area contributed by atoms with Crippen LogP contribution in [0.1, 0.15) is 18.2 Å². The van der Waals surface area contributed by atoms with Gasteiger partial charge < -0.3 is 0 Å². The minimum Gasteiger partial charge on any atom is -0.257 e. The Morgan fingerprint density at radius 1 is 1.40 bits per heavy atom. The van der Waals surface area contributed by atoms with Gasteiger partial charge in [0, 0.05) is 6.20 Å². The highest BCUT2D eigenvalue weighted by molar-refractivity contribution is 5.43. The van der Waals surface area contributed by atoms with E-state index in [1.807, 2.05) is 38.3 Å². The molecule has 1 aromatic heterocycles. The van der Waals surface area contributed by atoms with E-state index < -0.39 is 0 Å². The zero-order chi connectivity index (χ0) is 7.40. The molecular weight excluding hydrogens is 122 g/mol. The second-order valence-electron chi connectivity index (χ2n) is 2.26. The van der Waals surface area contributed by atoms with Gasteiger partial charge in [-0.25, -0.2) is 0 Å². The van der Waals surface area contributed by atoms with E-state index in [-0.39, 0.29) is 0 Å². The van der Waals surface area contributed by atoms with Crippen molar-refractivity contribution in [3.63, 3.8) is 0 Å². The molecule has 0 saturated heterocycles. The molecular formula is C9H11N. The van der Waals surface area contributed by atoms with Crippen molar-refractivity contribution in [2.24, 2.45) is 0 Å². The van der Waals surface area contributed by atoms with Crippen molar-refractivity contribution in [3.05, 3.63) is 35.7 Å². The summed E-state index contributed by atoms with van der Waals surface area (Å²) >= 11 is 0. The molecule has 0 unspecified atom stereocenters. The number of hydrogen-bond donors (Lipinski definition) is 0.